The molecule has 8 heteroatoms. The van der Waals surface area contributed by atoms with Crippen molar-refractivity contribution in [1.29, 1.82) is 0 Å². The molecule has 1 aromatic carbocycles. The fraction of sp³-hybridized carbons (Fsp3) is 0.556. The molecule has 5 nitrogen and oxygen atoms in total. The van der Waals surface area contributed by atoms with Gasteiger partial charge in [0.25, 0.3) is 5.91 Å². The van der Waals surface area contributed by atoms with Gasteiger partial charge in [-0.15, -0.1) is 0 Å². The smallest absolute Gasteiger partial charge is 0.393 e. The Morgan fingerprint density at radius 2 is 2.00 bits per heavy atom. The first-order valence-electron chi connectivity index (χ1n) is 8.47. The zero-order valence-corrected chi connectivity index (χ0v) is 14.7. The van der Waals surface area contributed by atoms with E-state index in [2.05, 4.69) is 5.32 Å². The molecule has 0 bridgehead atoms. The first-order valence-corrected chi connectivity index (χ1v) is 8.47. The van der Waals surface area contributed by atoms with Crippen molar-refractivity contribution < 1.29 is 27.9 Å². The highest BCUT2D eigenvalue weighted by atomic mass is 19.4. The molecule has 1 aliphatic heterocycles. The van der Waals surface area contributed by atoms with E-state index in [-0.39, 0.29) is 25.5 Å². The SMILES string of the molecule is CC(C)CNC(=O)c1cccc(CN2C[C@@H](C(F)(F)F)[C@H](C(=O)O)C2)c1. The number of carbonyl (C=O) groups is 2. The molecule has 26 heavy (non-hydrogen) atoms. The van der Waals surface area contributed by atoms with E-state index in [9.17, 15) is 22.8 Å². The van der Waals surface area contributed by atoms with Gasteiger partial charge in [0.15, 0.2) is 0 Å². The summed E-state index contributed by atoms with van der Waals surface area (Å²) < 4.78 is 39.2. The lowest BCUT2D eigenvalue weighted by Gasteiger charge is -2.18. The molecule has 0 spiro atoms. The molecular weight excluding hydrogens is 349 g/mol. The van der Waals surface area contributed by atoms with Crippen molar-refractivity contribution in [3.8, 4) is 0 Å². The van der Waals surface area contributed by atoms with Crippen LogP contribution in [0, 0.1) is 17.8 Å². The second-order valence-electron chi connectivity index (χ2n) is 7.09. The van der Waals surface area contributed by atoms with Crippen LogP contribution < -0.4 is 5.32 Å². The predicted octanol–water partition coefficient (Wildman–Crippen LogP) is 2.77. The molecule has 144 valence electrons. The van der Waals surface area contributed by atoms with Crippen molar-refractivity contribution in [2.24, 2.45) is 17.8 Å². The van der Waals surface area contributed by atoms with Crippen LogP contribution in [-0.2, 0) is 11.3 Å². The van der Waals surface area contributed by atoms with Gasteiger partial charge in [-0.1, -0.05) is 26.0 Å². The van der Waals surface area contributed by atoms with Gasteiger partial charge in [-0.25, -0.2) is 0 Å². The molecule has 0 aromatic heterocycles. The first-order chi connectivity index (χ1) is 12.1. The maximum absolute atomic E-state index is 13.1. The number of carbonyl (C=O) groups excluding carboxylic acids is 1. The third-order valence-corrected chi connectivity index (χ3v) is 4.40. The van der Waals surface area contributed by atoms with Crippen LogP contribution in [0.4, 0.5) is 13.2 Å². The molecular formula is C18H23F3N2O3. The topological polar surface area (TPSA) is 69.6 Å². The maximum Gasteiger partial charge on any atom is 0.393 e. The number of rotatable bonds is 6. The number of amides is 1. The van der Waals surface area contributed by atoms with Crippen LogP contribution in [0.25, 0.3) is 0 Å². The fourth-order valence-corrected chi connectivity index (χ4v) is 3.06. The monoisotopic (exact) mass is 372 g/mol. The number of carboxylic acids is 1. The largest absolute Gasteiger partial charge is 0.481 e. The Hall–Kier alpha value is -2.09. The van der Waals surface area contributed by atoms with Crippen LogP contribution >= 0.6 is 0 Å². The summed E-state index contributed by atoms with van der Waals surface area (Å²) in [7, 11) is 0. The Balaban J connectivity index is 2.06. The summed E-state index contributed by atoms with van der Waals surface area (Å²) in [5.41, 5.74) is 1.11. The number of nitrogens with zero attached hydrogens (tertiary/aromatic N) is 1. The molecule has 1 amide bonds. The van der Waals surface area contributed by atoms with Crippen molar-refractivity contribution in [3.05, 3.63) is 35.4 Å². The van der Waals surface area contributed by atoms with Gasteiger partial charge < -0.3 is 10.4 Å². The van der Waals surface area contributed by atoms with Crippen molar-refractivity contribution >= 4 is 11.9 Å². The molecule has 1 aliphatic rings. The van der Waals surface area contributed by atoms with Crippen LogP contribution in [0.15, 0.2) is 24.3 Å². The number of carboxylic acid groups (broad SMARTS) is 1. The Morgan fingerprint density at radius 3 is 2.54 bits per heavy atom. The number of hydrogen-bond donors (Lipinski definition) is 2. The lowest BCUT2D eigenvalue weighted by atomic mass is 9.96. The quantitative estimate of drug-likeness (QED) is 0.806. The third-order valence-electron chi connectivity index (χ3n) is 4.40. The standard InChI is InChI=1S/C18H23F3N2O3/c1-11(2)7-22-16(24)13-5-3-4-12(6-13)8-23-9-14(17(25)26)15(10-23)18(19,20)21/h3-6,11,14-15H,7-10H2,1-2H3,(H,22,24)(H,25,26)/t14-,15-/m1/s1. The summed E-state index contributed by atoms with van der Waals surface area (Å²) in [5.74, 6) is -4.71. The predicted molar refractivity (Wildman–Crippen MR) is 89.6 cm³/mol. The molecule has 1 saturated heterocycles. The van der Waals surface area contributed by atoms with Gasteiger partial charge in [-0.3, -0.25) is 14.5 Å². The molecule has 1 aromatic rings. The van der Waals surface area contributed by atoms with Gasteiger partial charge in [0.1, 0.15) is 0 Å². The zero-order chi connectivity index (χ0) is 19.5. The van der Waals surface area contributed by atoms with Crippen molar-refractivity contribution in [2.45, 2.75) is 26.6 Å². The molecule has 1 heterocycles. The number of alkyl halides is 3. The van der Waals surface area contributed by atoms with E-state index >= 15 is 0 Å². The Morgan fingerprint density at radius 1 is 1.31 bits per heavy atom. The minimum Gasteiger partial charge on any atom is -0.481 e. The van der Waals surface area contributed by atoms with E-state index in [4.69, 9.17) is 5.11 Å². The number of likely N-dealkylation sites (tertiary alicyclic amines) is 1. The number of aliphatic carboxylic acids is 1. The second-order valence-corrected chi connectivity index (χ2v) is 7.09. The minimum atomic E-state index is -4.55. The third kappa shape index (κ3) is 5.20. The molecule has 2 rings (SSSR count). The summed E-state index contributed by atoms with van der Waals surface area (Å²) in [5, 5.41) is 11.9. The second kappa shape index (κ2) is 8.07. The Kier molecular flexibility index (Phi) is 6.28. The van der Waals surface area contributed by atoms with E-state index in [1.807, 2.05) is 13.8 Å². The van der Waals surface area contributed by atoms with Crippen molar-refractivity contribution in [3.63, 3.8) is 0 Å². The number of hydrogen-bond acceptors (Lipinski definition) is 3. The van der Waals surface area contributed by atoms with Gasteiger partial charge in [-0.2, -0.15) is 13.2 Å². The minimum absolute atomic E-state index is 0.163. The molecule has 1 fully saturated rings. The summed E-state index contributed by atoms with van der Waals surface area (Å²) in [6, 6.07) is 6.66. The summed E-state index contributed by atoms with van der Waals surface area (Å²) >= 11 is 0. The van der Waals surface area contributed by atoms with Crippen LogP contribution in [0.2, 0.25) is 0 Å². The van der Waals surface area contributed by atoms with Crippen molar-refractivity contribution in [2.75, 3.05) is 19.6 Å². The van der Waals surface area contributed by atoms with E-state index in [1.165, 1.54) is 4.90 Å². The fourth-order valence-electron chi connectivity index (χ4n) is 3.06. The molecule has 2 N–H and O–H groups in total. The highest BCUT2D eigenvalue weighted by molar-refractivity contribution is 5.94. The molecule has 0 saturated carbocycles. The lowest BCUT2D eigenvalue weighted by molar-refractivity contribution is -0.188. The van der Waals surface area contributed by atoms with Gasteiger partial charge in [0.05, 0.1) is 11.8 Å². The van der Waals surface area contributed by atoms with Crippen LogP contribution in [0.1, 0.15) is 29.8 Å². The molecule has 2 atom stereocenters. The van der Waals surface area contributed by atoms with Crippen LogP contribution in [0.3, 0.4) is 0 Å². The highest BCUT2D eigenvalue weighted by Gasteiger charge is 2.52. The first kappa shape index (κ1) is 20.2. The number of benzene rings is 1. The Labute approximate surface area is 150 Å². The average Bonchev–Trinajstić information content (AvgIpc) is 2.97. The molecule has 0 radical (unpaired) electrons. The number of halogens is 3. The normalized spacial score (nSPS) is 21.2. The van der Waals surface area contributed by atoms with Crippen LogP contribution in [0.5, 0.6) is 0 Å². The van der Waals surface area contributed by atoms with E-state index in [0.29, 0.717) is 23.6 Å². The summed E-state index contributed by atoms with van der Waals surface area (Å²) in [6.45, 7) is 4.12. The molecule has 0 unspecified atom stereocenters. The zero-order valence-electron chi connectivity index (χ0n) is 14.7. The lowest BCUT2D eigenvalue weighted by Crippen LogP contribution is -2.33. The van der Waals surface area contributed by atoms with E-state index in [1.54, 1.807) is 24.3 Å². The van der Waals surface area contributed by atoms with Crippen LogP contribution in [-0.4, -0.2) is 47.7 Å². The van der Waals surface area contributed by atoms with E-state index < -0.39 is 24.0 Å². The van der Waals surface area contributed by atoms with Gasteiger partial charge >= 0.3 is 12.1 Å². The summed E-state index contributed by atoms with van der Waals surface area (Å²) in [4.78, 5) is 24.7. The van der Waals surface area contributed by atoms with Crippen molar-refractivity contribution in [1.82, 2.24) is 10.2 Å². The molecule has 0 aliphatic carbocycles. The Bertz CT molecular complexity index is 661. The number of nitrogens with one attached hydrogen (secondary N) is 1. The maximum atomic E-state index is 13.1. The summed E-state index contributed by atoms with van der Waals surface area (Å²) in [6.07, 6.45) is -4.55. The van der Waals surface area contributed by atoms with Gasteiger partial charge in [0, 0.05) is 31.7 Å². The van der Waals surface area contributed by atoms with Gasteiger partial charge in [0.2, 0.25) is 0 Å². The average molecular weight is 372 g/mol. The van der Waals surface area contributed by atoms with Gasteiger partial charge in [-0.05, 0) is 23.6 Å². The van der Waals surface area contributed by atoms with E-state index in [0.717, 1.165) is 0 Å². The highest BCUT2D eigenvalue weighted by Crippen LogP contribution is 2.38.